The average molecular weight is 492 g/mol. The summed E-state index contributed by atoms with van der Waals surface area (Å²) in [5.74, 6) is 0.345. The number of hydrogen-bond acceptors (Lipinski definition) is 5. The number of rotatable bonds is 8. The molecule has 0 saturated heterocycles. The molecule has 1 N–H and O–H groups in total. The molecule has 34 heavy (non-hydrogen) atoms. The van der Waals surface area contributed by atoms with Crippen molar-refractivity contribution in [3.8, 4) is 23.6 Å². The first-order chi connectivity index (χ1) is 16.4. The van der Waals surface area contributed by atoms with Gasteiger partial charge in [-0.25, -0.2) is 0 Å². The van der Waals surface area contributed by atoms with Crippen molar-refractivity contribution in [1.29, 1.82) is 10.5 Å². The minimum absolute atomic E-state index is 0.103. The number of carbonyl (C=O) groups is 1. The minimum Gasteiger partial charge on any atom is -0.494 e. The van der Waals surface area contributed by atoms with Crippen LogP contribution in [0, 0.1) is 22.7 Å². The summed E-state index contributed by atoms with van der Waals surface area (Å²) in [6.07, 6.45) is 1.39. The molecule has 3 aromatic carbocycles. The van der Waals surface area contributed by atoms with Gasteiger partial charge in [-0.1, -0.05) is 41.4 Å². The monoisotopic (exact) mass is 491 g/mol. The first-order valence-corrected chi connectivity index (χ1v) is 11.0. The average Bonchev–Trinajstić information content (AvgIpc) is 2.83. The Morgan fingerprint density at radius 3 is 2.32 bits per heavy atom. The van der Waals surface area contributed by atoms with E-state index in [1.807, 2.05) is 13.0 Å². The van der Waals surface area contributed by atoms with Crippen LogP contribution in [0.1, 0.15) is 23.6 Å². The number of amides is 1. The fourth-order valence-electron chi connectivity index (χ4n) is 3.02. The van der Waals surface area contributed by atoms with Gasteiger partial charge in [-0.05, 0) is 61.0 Å². The molecule has 3 aromatic rings. The number of benzene rings is 3. The minimum atomic E-state index is -0.577. The summed E-state index contributed by atoms with van der Waals surface area (Å²) in [6, 6.07) is 20.9. The van der Waals surface area contributed by atoms with E-state index in [0.717, 1.165) is 0 Å². The van der Waals surface area contributed by atoms with E-state index >= 15 is 0 Å². The van der Waals surface area contributed by atoms with Crippen molar-refractivity contribution in [2.24, 2.45) is 0 Å². The molecule has 170 valence electrons. The topological polar surface area (TPSA) is 95.1 Å². The van der Waals surface area contributed by atoms with E-state index in [1.165, 1.54) is 6.08 Å². The van der Waals surface area contributed by atoms with Gasteiger partial charge in [0.25, 0.3) is 5.91 Å². The third-order valence-electron chi connectivity index (χ3n) is 4.63. The number of hydrogen-bond donors (Lipinski definition) is 1. The number of nitrogens with one attached hydrogen (secondary N) is 1. The van der Waals surface area contributed by atoms with E-state index in [1.54, 1.807) is 60.7 Å². The Hall–Kier alpha value is -3.97. The molecule has 0 fully saturated rings. The van der Waals surface area contributed by atoms with Crippen LogP contribution in [0.3, 0.4) is 0 Å². The Balaban J connectivity index is 1.75. The molecule has 0 aliphatic rings. The lowest BCUT2D eigenvalue weighted by atomic mass is 10.1. The molecule has 0 bridgehead atoms. The second kappa shape index (κ2) is 11.8. The Morgan fingerprint density at radius 1 is 1.03 bits per heavy atom. The highest BCUT2D eigenvalue weighted by atomic mass is 35.5. The summed E-state index contributed by atoms with van der Waals surface area (Å²) in [7, 11) is 0. The highest BCUT2D eigenvalue weighted by Gasteiger charge is 2.14. The molecule has 0 radical (unpaired) electrons. The summed E-state index contributed by atoms with van der Waals surface area (Å²) in [4.78, 5) is 12.6. The largest absolute Gasteiger partial charge is 0.494 e. The van der Waals surface area contributed by atoms with Crippen molar-refractivity contribution in [3.63, 3.8) is 0 Å². The Morgan fingerprint density at radius 2 is 1.71 bits per heavy atom. The van der Waals surface area contributed by atoms with E-state index in [0.29, 0.717) is 34.7 Å². The highest BCUT2D eigenvalue weighted by Crippen LogP contribution is 2.35. The first-order valence-electron chi connectivity index (χ1n) is 10.2. The molecule has 6 nitrogen and oxygen atoms in total. The lowest BCUT2D eigenvalue weighted by molar-refractivity contribution is -0.112. The molecule has 3 rings (SSSR count). The van der Waals surface area contributed by atoms with Gasteiger partial charge in [-0.3, -0.25) is 4.79 Å². The molecule has 0 saturated carbocycles. The van der Waals surface area contributed by atoms with Crippen LogP contribution in [0.25, 0.3) is 6.08 Å². The molecule has 0 aliphatic carbocycles. The maximum atomic E-state index is 12.6. The van der Waals surface area contributed by atoms with Crippen molar-refractivity contribution < 1.29 is 14.3 Å². The van der Waals surface area contributed by atoms with Crippen molar-refractivity contribution in [3.05, 3.63) is 93.0 Å². The van der Waals surface area contributed by atoms with Crippen molar-refractivity contribution in [1.82, 2.24) is 0 Å². The summed E-state index contributed by atoms with van der Waals surface area (Å²) in [6.45, 7) is 2.52. The van der Waals surface area contributed by atoms with Crippen LogP contribution in [0.15, 0.2) is 66.2 Å². The molecule has 8 heteroatoms. The number of halogens is 2. The van der Waals surface area contributed by atoms with Gasteiger partial charge < -0.3 is 14.8 Å². The number of carbonyl (C=O) groups excluding carboxylic acids is 1. The maximum Gasteiger partial charge on any atom is 0.266 e. The van der Waals surface area contributed by atoms with Gasteiger partial charge in [0, 0.05) is 11.3 Å². The van der Waals surface area contributed by atoms with Gasteiger partial charge in [0.1, 0.15) is 24.0 Å². The Labute approximate surface area is 207 Å². The van der Waals surface area contributed by atoms with E-state index < -0.39 is 5.91 Å². The van der Waals surface area contributed by atoms with Crippen LogP contribution in [-0.2, 0) is 11.4 Å². The standard InChI is InChI=1S/C26H19Cl2N3O3/c1-2-33-22-9-7-21(8-10-22)31-26(32)20(15-30)11-17-12-23(27)25(24(28)13-17)34-16-19-6-4-3-5-18(19)14-29/h3-13H,2,16H2,1H3,(H,31,32)/b20-11-. The summed E-state index contributed by atoms with van der Waals surface area (Å²) in [5, 5.41) is 21.8. The summed E-state index contributed by atoms with van der Waals surface area (Å²) >= 11 is 12.7. The van der Waals surface area contributed by atoms with Crippen LogP contribution in [0.2, 0.25) is 10.0 Å². The van der Waals surface area contributed by atoms with Crippen LogP contribution in [-0.4, -0.2) is 12.5 Å². The Bertz CT molecular complexity index is 1280. The number of nitriles is 2. The predicted octanol–water partition coefficient (Wildman–Crippen LogP) is 6.39. The molecule has 0 aromatic heterocycles. The number of ether oxygens (including phenoxy) is 2. The zero-order valence-corrected chi connectivity index (χ0v) is 19.7. The Kier molecular flexibility index (Phi) is 8.54. The fraction of sp³-hybridized carbons (Fsp3) is 0.115. The molecule has 0 heterocycles. The number of nitrogens with zero attached hydrogens (tertiary/aromatic N) is 2. The third-order valence-corrected chi connectivity index (χ3v) is 5.19. The molecule has 0 spiro atoms. The molecule has 0 unspecified atom stereocenters. The van der Waals surface area contributed by atoms with Gasteiger partial charge in [-0.2, -0.15) is 10.5 Å². The van der Waals surface area contributed by atoms with Crippen LogP contribution >= 0.6 is 23.2 Å². The second-order valence-corrected chi connectivity index (χ2v) is 7.77. The van der Waals surface area contributed by atoms with Crippen LogP contribution in [0.5, 0.6) is 11.5 Å². The second-order valence-electron chi connectivity index (χ2n) is 6.95. The fourth-order valence-corrected chi connectivity index (χ4v) is 3.63. The smallest absolute Gasteiger partial charge is 0.266 e. The van der Waals surface area contributed by atoms with Gasteiger partial charge in [0.05, 0.1) is 28.3 Å². The zero-order valence-electron chi connectivity index (χ0n) is 18.1. The molecular formula is C26H19Cl2N3O3. The van der Waals surface area contributed by atoms with E-state index in [-0.39, 0.29) is 28.0 Å². The van der Waals surface area contributed by atoms with Crippen molar-refractivity contribution in [2.45, 2.75) is 13.5 Å². The molecule has 0 aliphatic heterocycles. The molecule has 1 amide bonds. The molecular weight excluding hydrogens is 473 g/mol. The summed E-state index contributed by atoms with van der Waals surface area (Å²) in [5.41, 5.74) is 2.04. The summed E-state index contributed by atoms with van der Waals surface area (Å²) < 4.78 is 11.1. The SMILES string of the molecule is CCOc1ccc(NC(=O)/C(C#N)=C\c2cc(Cl)c(OCc3ccccc3C#N)c(Cl)c2)cc1. The first kappa shape index (κ1) is 24.7. The van der Waals surface area contributed by atoms with E-state index in [4.69, 9.17) is 32.7 Å². The normalized spacial score (nSPS) is 10.7. The molecule has 0 atom stereocenters. The van der Waals surface area contributed by atoms with Crippen molar-refractivity contribution >= 4 is 40.9 Å². The van der Waals surface area contributed by atoms with E-state index in [2.05, 4.69) is 11.4 Å². The lowest BCUT2D eigenvalue weighted by Gasteiger charge is -2.12. The number of anilines is 1. The van der Waals surface area contributed by atoms with Crippen LogP contribution in [0.4, 0.5) is 5.69 Å². The van der Waals surface area contributed by atoms with E-state index in [9.17, 15) is 15.3 Å². The van der Waals surface area contributed by atoms with Gasteiger partial charge >= 0.3 is 0 Å². The van der Waals surface area contributed by atoms with Crippen LogP contribution < -0.4 is 14.8 Å². The van der Waals surface area contributed by atoms with Gasteiger partial charge in [0.15, 0.2) is 5.75 Å². The van der Waals surface area contributed by atoms with Gasteiger partial charge in [-0.15, -0.1) is 0 Å². The lowest BCUT2D eigenvalue weighted by Crippen LogP contribution is -2.13. The highest BCUT2D eigenvalue weighted by molar-refractivity contribution is 6.37. The van der Waals surface area contributed by atoms with Gasteiger partial charge in [0.2, 0.25) is 0 Å². The zero-order chi connectivity index (χ0) is 24.5. The quantitative estimate of drug-likeness (QED) is 0.291. The third kappa shape index (κ3) is 6.30. The predicted molar refractivity (Wildman–Crippen MR) is 132 cm³/mol. The maximum absolute atomic E-state index is 12.6. The van der Waals surface area contributed by atoms with Crippen molar-refractivity contribution in [2.75, 3.05) is 11.9 Å².